The molecule has 2 aromatic heterocycles. The summed E-state index contributed by atoms with van der Waals surface area (Å²) in [5, 5.41) is 14.0. The minimum absolute atomic E-state index is 0.00132. The smallest absolute Gasteiger partial charge is 0.252 e. The molecule has 0 amide bonds. The molecule has 0 spiro atoms. The number of rotatable bonds is 6. The highest BCUT2D eigenvalue weighted by Gasteiger charge is 2.34. The zero-order chi connectivity index (χ0) is 23.8. The molecule has 0 saturated heterocycles. The van der Waals surface area contributed by atoms with Crippen LogP contribution in [0.15, 0.2) is 23.0 Å². The van der Waals surface area contributed by atoms with Gasteiger partial charge in [0.2, 0.25) is 0 Å². The van der Waals surface area contributed by atoms with Crippen LogP contribution in [-0.4, -0.2) is 36.1 Å². The summed E-state index contributed by atoms with van der Waals surface area (Å²) >= 11 is 0. The van der Waals surface area contributed by atoms with Crippen molar-refractivity contribution in [2.45, 2.75) is 104 Å². The lowest BCUT2D eigenvalue weighted by Crippen LogP contribution is -2.42. The molecule has 4 rings (SSSR count). The molecule has 178 valence electrons. The van der Waals surface area contributed by atoms with Gasteiger partial charge in [-0.2, -0.15) is 0 Å². The van der Waals surface area contributed by atoms with Crippen LogP contribution in [0.5, 0.6) is 0 Å². The second-order valence-electron chi connectivity index (χ2n) is 10.7. The van der Waals surface area contributed by atoms with E-state index >= 15 is 0 Å². The Balaban J connectivity index is 1.78. The Labute approximate surface area is 196 Å². The molecule has 1 saturated carbocycles. The molecule has 7 nitrogen and oxygen atoms in total. The fourth-order valence-corrected chi connectivity index (χ4v) is 5.38. The lowest BCUT2D eigenvalue weighted by atomic mass is 9.92. The molecule has 1 unspecified atom stereocenters. The molecular weight excluding hydrogens is 412 g/mol. The topological polar surface area (TPSA) is 79.7 Å². The third kappa shape index (κ3) is 4.88. The van der Waals surface area contributed by atoms with Gasteiger partial charge in [0.25, 0.3) is 5.56 Å². The Morgan fingerprint density at radius 1 is 1.15 bits per heavy atom. The van der Waals surface area contributed by atoms with E-state index in [-0.39, 0.29) is 17.1 Å². The second-order valence-corrected chi connectivity index (χ2v) is 10.7. The maximum absolute atomic E-state index is 13.2. The molecule has 1 aliphatic rings. The van der Waals surface area contributed by atoms with Crippen LogP contribution >= 0.6 is 0 Å². The van der Waals surface area contributed by atoms with Crippen molar-refractivity contribution in [3.63, 3.8) is 0 Å². The number of nitrogens with one attached hydrogen (secondary N) is 1. The summed E-state index contributed by atoms with van der Waals surface area (Å²) in [6, 6.07) is 6.80. The van der Waals surface area contributed by atoms with E-state index in [0.29, 0.717) is 12.6 Å². The van der Waals surface area contributed by atoms with Crippen molar-refractivity contribution in [2.24, 2.45) is 0 Å². The van der Waals surface area contributed by atoms with E-state index in [1.165, 1.54) is 24.8 Å². The van der Waals surface area contributed by atoms with E-state index in [9.17, 15) is 4.79 Å². The Morgan fingerprint density at radius 3 is 2.55 bits per heavy atom. The van der Waals surface area contributed by atoms with Crippen LogP contribution in [0.1, 0.15) is 94.8 Å². The molecule has 0 radical (unpaired) electrons. The Bertz CT molecular complexity index is 1170. The monoisotopic (exact) mass is 450 g/mol. The number of tetrazole rings is 1. The maximum Gasteiger partial charge on any atom is 0.252 e. The van der Waals surface area contributed by atoms with Gasteiger partial charge in [0.15, 0.2) is 5.82 Å². The van der Waals surface area contributed by atoms with Gasteiger partial charge in [-0.25, -0.2) is 4.68 Å². The van der Waals surface area contributed by atoms with E-state index in [2.05, 4.69) is 85.2 Å². The number of aromatic nitrogens is 5. The number of H-pyrrole nitrogens is 1. The fourth-order valence-electron chi connectivity index (χ4n) is 5.38. The third-order valence-electron chi connectivity index (χ3n) is 7.00. The van der Waals surface area contributed by atoms with Crippen molar-refractivity contribution in [3.05, 3.63) is 51.1 Å². The van der Waals surface area contributed by atoms with Gasteiger partial charge in [0.1, 0.15) is 0 Å². The molecule has 7 heteroatoms. The van der Waals surface area contributed by atoms with Crippen LogP contribution in [0.2, 0.25) is 0 Å². The average Bonchev–Trinajstić information content (AvgIpc) is 3.25. The summed E-state index contributed by atoms with van der Waals surface area (Å²) in [4.78, 5) is 18.8. The molecular formula is C26H38N6O. The largest absolute Gasteiger partial charge is 0.322 e. The number of aryl methyl sites for hydroxylation is 2. The lowest BCUT2D eigenvalue weighted by molar-refractivity contribution is 0.0810. The molecule has 1 fully saturated rings. The van der Waals surface area contributed by atoms with Crippen LogP contribution in [0, 0.1) is 13.8 Å². The van der Waals surface area contributed by atoms with Crippen molar-refractivity contribution >= 4 is 10.9 Å². The van der Waals surface area contributed by atoms with Crippen molar-refractivity contribution in [1.29, 1.82) is 0 Å². The first-order valence-corrected chi connectivity index (χ1v) is 12.4. The average molecular weight is 451 g/mol. The zero-order valence-corrected chi connectivity index (χ0v) is 21.0. The summed E-state index contributed by atoms with van der Waals surface area (Å²) in [7, 11) is 0. The van der Waals surface area contributed by atoms with Gasteiger partial charge in [-0.1, -0.05) is 32.3 Å². The molecule has 2 heterocycles. The second kappa shape index (κ2) is 9.37. The number of benzene rings is 1. The standard InChI is InChI=1S/C26H38N6O/c1-7-23(24-28-29-30-32(24)26(4,5)6)31(20-11-9-8-10-12-20)16-19-15-21-18(3)13-17(2)14-22(21)27-25(19)33/h13-15,20,23H,7-12,16H2,1-6H3,(H,27,33). The van der Waals surface area contributed by atoms with Crippen molar-refractivity contribution in [3.8, 4) is 0 Å². The highest BCUT2D eigenvalue weighted by molar-refractivity contribution is 5.83. The summed E-state index contributed by atoms with van der Waals surface area (Å²) in [6.45, 7) is 13.4. The first-order chi connectivity index (χ1) is 15.7. The Hall–Kier alpha value is -2.54. The number of pyridine rings is 1. The summed E-state index contributed by atoms with van der Waals surface area (Å²) in [5.41, 5.74) is 3.86. The van der Waals surface area contributed by atoms with Gasteiger partial charge in [0.05, 0.1) is 11.6 Å². The molecule has 0 aliphatic heterocycles. The van der Waals surface area contributed by atoms with Gasteiger partial charge in [-0.3, -0.25) is 9.69 Å². The first-order valence-electron chi connectivity index (χ1n) is 12.4. The van der Waals surface area contributed by atoms with Gasteiger partial charge in [-0.05, 0) is 87.6 Å². The van der Waals surface area contributed by atoms with Crippen molar-refractivity contribution in [1.82, 2.24) is 30.1 Å². The molecule has 3 aromatic rings. The molecule has 33 heavy (non-hydrogen) atoms. The van der Waals surface area contributed by atoms with Crippen molar-refractivity contribution in [2.75, 3.05) is 0 Å². The molecule has 1 atom stereocenters. The minimum Gasteiger partial charge on any atom is -0.322 e. The van der Waals surface area contributed by atoms with Gasteiger partial charge in [-0.15, -0.1) is 5.10 Å². The highest BCUT2D eigenvalue weighted by Crippen LogP contribution is 2.34. The third-order valence-corrected chi connectivity index (χ3v) is 7.00. The maximum atomic E-state index is 13.2. The molecule has 0 bridgehead atoms. The molecule has 1 N–H and O–H groups in total. The number of aromatic amines is 1. The van der Waals surface area contributed by atoms with Gasteiger partial charge < -0.3 is 4.98 Å². The number of nitrogens with zero attached hydrogens (tertiary/aromatic N) is 5. The SMILES string of the molecule is CCC(c1nnnn1C(C)(C)C)N(Cc1cc2c(C)cc(C)cc2[nH]c1=O)C1CCCCC1. The van der Waals surface area contributed by atoms with E-state index in [4.69, 9.17) is 0 Å². The number of hydrogen-bond donors (Lipinski definition) is 1. The predicted octanol–water partition coefficient (Wildman–Crippen LogP) is 5.17. The normalized spacial score (nSPS) is 16.6. The number of hydrogen-bond acceptors (Lipinski definition) is 5. The van der Waals surface area contributed by atoms with E-state index in [1.807, 2.05) is 4.68 Å². The Morgan fingerprint density at radius 2 is 1.88 bits per heavy atom. The Kier molecular flexibility index (Phi) is 6.71. The van der Waals surface area contributed by atoms with E-state index < -0.39 is 0 Å². The summed E-state index contributed by atoms with van der Waals surface area (Å²) in [6.07, 6.45) is 6.93. The van der Waals surface area contributed by atoms with Gasteiger partial charge in [0, 0.05) is 29.1 Å². The first kappa shape index (κ1) is 23.6. The lowest BCUT2D eigenvalue weighted by Gasteiger charge is -2.39. The predicted molar refractivity (Wildman–Crippen MR) is 132 cm³/mol. The quantitative estimate of drug-likeness (QED) is 0.560. The zero-order valence-electron chi connectivity index (χ0n) is 21.0. The van der Waals surface area contributed by atoms with E-state index in [1.54, 1.807) is 0 Å². The molecule has 1 aliphatic carbocycles. The number of fused-ring (bicyclic) bond motifs is 1. The van der Waals surface area contributed by atoms with Crippen molar-refractivity contribution < 1.29 is 0 Å². The summed E-state index contributed by atoms with van der Waals surface area (Å²) < 4.78 is 1.95. The van der Waals surface area contributed by atoms with Crippen LogP contribution in [0.3, 0.4) is 0 Å². The van der Waals surface area contributed by atoms with Gasteiger partial charge >= 0.3 is 0 Å². The fraction of sp³-hybridized carbons (Fsp3) is 0.615. The van der Waals surface area contributed by atoms with Crippen LogP contribution in [0.25, 0.3) is 10.9 Å². The van der Waals surface area contributed by atoms with E-state index in [0.717, 1.165) is 47.1 Å². The van der Waals surface area contributed by atoms with Crippen LogP contribution in [0.4, 0.5) is 0 Å². The minimum atomic E-state index is -0.208. The van der Waals surface area contributed by atoms with Crippen LogP contribution < -0.4 is 5.56 Å². The summed E-state index contributed by atoms with van der Waals surface area (Å²) in [5.74, 6) is 0.889. The van der Waals surface area contributed by atoms with Crippen LogP contribution in [-0.2, 0) is 12.1 Å². The highest BCUT2D eigenvalue weighted by atomic mass is 16.1. The molecule has 1 aromatic carbocycles.